The van der Waals surface area contributed by atoms with Gasteiger partial charge in [0.15, 0.2) is 24.5 Å². The van der Waals surface area contributed by atoms with Crippen molar-refractivity contribution in [2.75, 3.05) is 6.61 Å². The molecule has 0 amide bonds. The van der Waals surface area contributed by atoms with Gasteiger partial charge in [0.1, 0.15) is 12.7 Å². The first-order valence-corrected chi connectivity index (χ1v) is 9.22. The quantitative estimate of drug-likeness (QED) is 0.405. The normalized spacial score (nSPS) is 24.8. The fourth-order valence-electron chi connectivity index (χ4n) is 3.08. The van der Waals surface area contributed by atoms with Crippen molar-refractivity contribution in [2.45, 2.75) is 58.3 Å². The first kappa shape index (κ1) is 24.7. The maximum Gasteiger partial charge on any atom is 0.330 e. The molecular formula is C18H21FN2O11. The zero-order valence-corrected chi connectivity index (χ0v) is 17.5. The number of aromatic amines is 1. The number of H-pyrrole nitrogens is 1. The maximum atomic E-state index is 13.9. The summed E-state index contributed by atoms with van der Waals surface area (Å²) in [6.45, 7) is 3.63. The molecule has 32 heavy (non-hydrogen) atoms. The molecule has 0 bridgehead atoms. The van der Waals surface area contributed by atoms with Gasteiger partial charge in [-0.3, -0.25) is 33.5 Å². The molecular weight excluding hydrogens is 439 g/mol. The van der Waals surface area contributed by atoms with E-state index in [1.54, 1.807) is 4.98 Å². The fraction of sp³-hybridized carbons (Fsp3) is 0.556. The first-order valence-electron chi connectivity index (χ1n) is 9.22. The van der Waals surface area contributed by atoms with E-state index in [0.717, 1.165) is 27.7 Å². The Morgan fingerprint density at radius 1 is 0.938 bits per heavy atom. The van der Waals surface area contributed by atoms with E-state index in [4.69, 9.17) is 23.7 Å². The lowest BCUT2D eigenvalue weighted by Crippen LogP contribution is -2.61. The molecule has 0 aromatic carbocycles. The van der Waals surface area contributed by atoms with E-state index in [1.165, 1.54) is 0 Å². The van der Waals surface area contributed by atoms with Crippen molar-refractivity contribution in [1.29, 1.82) is 0 Å². The number of esters is 4. The molecule has 0 unspecified atom stereocenters. The van der Waals surface area contributed by atoms with Crippen LogP contribution in [0.25, 0.3) is 0 Å². The lowest BCUT2D eigenvalue weighted by atomic mass is 9.97. The van der Waals surface area contributed by atoms with Gasteiger partial charge in [-0.1, -0.05) is 0 Å². The summed E-state index contributed by atoms with van der Waals surface area (Å²) in [4.78, 5) is 71.9. The number of hydrogen-bond donors (Lipinski definition) is 1. The lowest BCUT2D eigenvalue weighted by molar-refractivity contribution is -0.269. The third-order valence-corrected chi connectivity index (χ3v) is 4.16. The van der Waals surface area contributed by atoms with Crippen LogP contribution < -0.4 is 11.2 Å². The van der Waals surface area contributed by atoms with Gasteiger partial charge in [-0.25, -0.2) is 4.79 Å². The molecule has 2 rings (SSSR count). The Bertz CT molecular complexity index is 1020. The van der Waals surface area contributed by atoms with Crippen molar-refractivity contribution in [3.8, 4) is 0 Å². The van der Waals surface area contributed by atoms with Crippen molar-refractivity contribution < 1.29 is 47.3 Å². The van der Waals surface area contributed by atoms with Crippen LogP contribution in [0.3, 0.4) is 0 Å². The minimum atomic E-state index is -1.67. The predicted molar refractivity (Wildman–Crippen MR) is 98.5 cm³/mol. The van der Waals surface area contributed by atoms with E-state index in [-0.39, 0.29) is 0 Å². The average Bonchev–Trinajstić information content (AvgIpc) is 2.65. The lowest BCUT2D eigenvalue weighted by Gasteiger charge is -2.44. The highest BCUT2D eigenvalue weighted by Crippen LogP contribution is 2.34. The summed E-state index contributed by atoms with van der Waals surface area (Å²) < 4.78 is 40.6. The minimum Gasteiger partial charge on any atom is -0.463 e. The van der Waals surface area contributed by atoms with Crippen molar-refractivity contribution >= 4 is 23.9 Å². The van der Waals surface area contributed by atoms with Crippen LogP contribution in [0.15, 0.2) is 15.8 Å². The summed E-state index contributed by atoms with van der Waals surface area (Å²) in [5.74, 6) is -4.71. The zero-order chi connectivity index (χ0) is 24.2. The number of halogens is 1. The number of carbonyl (C=O) groups is 4. The van der Waals surface area contributed by atoms with Crippen LogP contribution in [-0.4, -0.2) is 64.5 Å². The van der Waals surface area contributed by atoms with Crippen LogP contribution in [-0.2, 0) is 42.9 Å². The van der Waals surface area contributed by atoms with E-state index in [0.29, 0.717) is 10.8 Å². The van der Waals surface area contributed by atoms with E-state index in [2.05, 4.69) is 0 Å². The summed E-state index contributed by atoms with van der Waals surface area (Å²) in [7, 11) is 0. The highest BCUT2D eigenvalue weighted by molar-refractivity contribution is 5.68. The molecule has 1 aromatic rings. The zero-order valence-electron chi connectivity index (χ0n) is 17.5. The molecule has 0 radical (unpaired) electrons. The second-order valence-electron chi connectivity index (χ2n) is 6.73. The number of ether oxygens (including phenoxy) is 5. The standard InChI is InChI=1S/C18H21FN2O11/c1-7(22)28-6-12-13(29-8(2)23)14(30-9(3)24)15(31-10(4)25)17(32-12)21-5-11(19)16(26)20-18(21)27/h5,12-15,17H,6H2,1-4H3,(H,20,26,27)/t12-,13-,14+,15+,17-/m0/s1. The Morgan fingerprint density at radius 3 is 2.00 bits per heavy atom. The number of nitrogens with zero attached hydrogens (tertiary/aromatic N) is 1. The Kier molecular flexibility index (Phi) is 7.86. The number of rotatable bonds is 6. The van der Waals surface area contributed by atoms with Gasteiger partial charge in [0.2, 0.25) is 5.82 Å². The Morgan fingerprint density at radius 2 is 1.47 bits per heavy atom. The van der Waals surface area contributed by atoms with E-state index >= 15 is 0 Å². The van der Waals surface area contributed by atoms with Crippen molar-refractivity contribution in [3.63, 3.8) is 0 Å². The monoisotopic (exact) mass is 460 g/mol. The molecule has 13 nitrogen and oxygen atoms in total. The molecule has 1 saturated heterocycles. The number of hydrogen-bond acceptors (Lipinski definition) is 11. The van der Waals surface area contributed by atoms with E-state index in [9.17, 15) is 33.2 Å². The molecule has 0 aliphatic carbocycles. The van der Waals surface area contributed by atoms with Gasteiger partial charge >= 0.3 is 29.6 Å². The highest BCUT2D eigenvalue weighted by Gasteiger charge is 2.53. The van der Waals surface area contributed by atoms with Gasteiger partial charge < -0.3 is 23.7 Å². The summed E-state index contributed by atoms with van der Waals surface area (Å²) in [5.41, 5.74) is -2.45. The third kappa shape index (κ3) is 6.00. The molecule has 0 spiro atoms. The SMILES string of the molecule is CC(=O)OC[C@@H]1O[C@H](n2cc(F)c(=O)[nH]c2=O)[C@H](OC(C)=O)[C@H](OC(C)=O)[C@H]1OC(C)=O. The van der Waals surface area contributed by atoms with E-state index < -0.39 is 78.2 Å². The highest BCUT2D eigenvalue weighted by atomic mass is 19.1. The summed E-state index contributed by atoms with van der Waals surface area (Å²) in [5, 5.41) is 0. The average molecular weight is 460 g/mol. The molecule has 2 heterocycles. The van der Waals surface area contributed by atoms with Crippen molar-refractivity contribution in [3.05, 3.63) is 32.9 Å². The van der Waals surface area contributed by atoms with Crippen LogP contribution in [0.5, 0.6) is 0 Å². The number of aromatic nitrogens is 2. The Labute approximate surface area is 179 Å². The molecule has 0 saturated carbocycles. The summed E-state index contributed by atoms with van der Waals surface area (Å²) in [6.07, 6.45) is -7.14. The van der Waals surface area contributed by atoms with Gasteiger partial charge in [-0.15, -0.1) is 0 Å². The largest absolute Gasteiger partial charge is 0.463 e. The van der Waals surface area contributed by atoms with Gasteiger partial charge in [0.25, 0.3) is 5.56 Å². The minimum absolute atomic E-state index is 0.502. The van der Waals surface area contributed by atoms with Crippen LogP contribution in [0.4, 0.5) is 4.39 Å². The van der Waals surface area contributed by atoms with Crippen LogP contribution in [0, 0.1) is 5.82 Å². The molecule has 176 valence electrons. The topological polar surface area (TPSA) is 169 Å². The van der Waals surface area contributed by atoms with Crippen molar-refractivity contribution in [2.24, 2.45) is 0 Å². The Balaban J connectivity index is 2.65. The maximum absolute atomic E-state index is 13.9. The van der Waals surface area contributed by atoms with E-state index in [1.807, 2.05) is 0 Å². The van der Waals surface area contributed by atoms with Crippen molar-refractivity contribution in [1.82, 2.24) is 9.55 Å². The summed E-state index contributed by atoms with van der Waals surface area (Å²) >= 11 is 0. The van der Waals surface area contributed by atoms with Gasteiger partial charge in [0.05, 0.1) is 6.20 Å². The second kappa shape index (κ2) is 10.2. The molecule has 1 aliphatic heterocycles. The van der Waals surface area contributed by atoms with Gasteiger partial charge in [-0.05, 0) is 0 Å². The van der Waals surface area contributed by atoms with Crippen LogP contribution >= 0.6 is 0 Å². The molecule has 1 N–H and O–H groups in total. The second-order valence-corrected chi connectivity index (χ2v) is 6.73. The Hall–Kier alpha value is -3.55. The fourth-order valence-corrected chi connectivity index (χ4v) is 3.08. The van der Waals surface area contributed by atoms with Crippen LogP contribution in [0.1, 0.15) is 33.9 Å². The number of nitrogens with one attached hydrogen (secondary N) is 1. The van der Waals surface area contributed by atoms with Gasteiger partial charge in [-0.2, -0.15) is 4.39 Å². The molecule has 14 heteroatoms. The van der Waals surface area contributed by atoms with Gasteiger partial charge in [0, 0.05) is 27.7 Å². The molecule has 1 aromatic heterocycles. The molecule has 1 aliphatic rings. The molecule has 1 fully saturated rings. The third-order valence-electron chi connectivity index (χ3n) is 4.16. The smallest absolute Gasteiger partial charge is 0.330 e. The summed E-state index contributed by atoms with van der Waals surface area (Å²) in [6, 6.07) is 0. The molecule has 5 atom stereocenters. The number of carbonyl (C=O) groups excluding carboxylic acids is 4. The first-order chi connectivity index (χ1) is 14.9. The van der Waals surface area contributed by atoms with Crippen LogP contribution in [0.2, 0.25) is 0 Å². The predicted octanol–water partition coefficient (Wildman–Crippen LogP) is -1.07.